The van der Waals surface area contributed by atoms with Crippen LogP contribution in [0.15, 0.2) is 12.1 Å². The number of hydrogen-bond donors (Lipinski definition) is 1. The lowest BCUT2D eigenvalue weighted by atomic mass is 9.91. The molecule has 3 heteroatoms. The van der Waals surface area contributed by atoms with Gasteiger partial charge in [0, 0.05) is 21.8 Å². The summed E-state index contributed by atoms with van der Waals surface area (Å²) >= 11 is 12.1. The predicted molar refractivity (Wildman–Crippen MR) is 67.0 cm³/mol. The monoisotopic (exact) mass is 243 g/mol. The highest BCUT2D eigenvalue weighted by Crippen LogP contribution is 2.35. The first kappa shape index (κ1) is 11.1. The van der Waals surface area contributed by atoms with E-state index in [0.29, 0.717) is 17.0 Å². The minimum absolute atomic E-state index is 0.534. The van der Waals surface area contributed by atoms with Crippen LogP contribution in [-0.2, 0) is 6.42 Å². The van der Waals surface area contributed by atoms with Crippen LogP contribution in [0.2, 0.25) is 10.0 Å². The molecule has 15 heavy (non-hydrogen) atoms. The Bertz CT molecular complexity index is 374. The number of nitrogens with one attached hydrogen (secondary N) is 1. The molecule has 0 radical (unpaired) electrons. The third-order valence-electron chi connectivity index (χ3n) is 3.01. The zero-order valence-electron chi connectivity index (χ0n) is 8.98. The van der Waals surface area contributed by atoms with E-state index in [0.717, 1.165) is 23.6 Å². The van der Waals surface area contributed by atoms with Crippen molar-refractivity contribution in [3.63, 3.8) is 0 Å². The normalized spacial score (nSPS) is 19.9. The maximum Gasteiger partial charge on any atom is 0.0473 e. The first-order valence-electron chi connectivity index (χ1n) is 5.32. The summed E-state index contributed by atoms with van der Waals surface area (Å²) in [6.45, 7) is 4.46. The summed E-state index contributed by atoms with van der Waals surface area (Å²) in [7, 11) is 0. The predicted octanol–water partition coefficient (Wildman–Crippen LogP) is 4.38. The van der Waals surface area contributed by atoms with Crippen LogP contribution in [0.5, 0.6) is 0 Å². The smallest absolute Gasteiger partial charge is 0.0473 e. The Morgan fingerprint density at radius 3 is 2.73 bits per heavy atom. The lowest BCUT2D eigenvalue weighted by molar-refractivity contribution is 0.483. The van der Waals surface area contributed by atoms with Gasteiger partial charge in [-0.05, 0) is 36.5 Å². The molecule has 0 saturated heterocycles. The third kappa shape index (κ3) is 2.24. The second-order valence-corrected chi connectivity index (χ2v) is 5.29. The van der Waals surface area contributed by atoms with Crippen molar-refractivity contribution in [3.05, 3.63) is 27.7 Å². The summed E-state index contributed by atoms with van der Waals surface area (Å²) in [5.74, 6) is 0.635. The Morgan fingerprint density at radius 1 is 1.33 bits per heavy atom. The van der Waals surface area contributed by atoms with Gasteiger partial charge in [0.1, 0.15) is 0 Å². The number of fused-ring (bicyclic) bond motifs is 1. The molecule has 1 aliphatic heterocycles. The molecule has 1 nitrogen and oxygen atoms in total. The van der Waals surface area contributed by atoms with Crippen molar-refractivity contribution in [2.24, 2.45) is 5.92 Å². The number of benzene rings is 1. The van der Waals surface area contributed by atoms with E-state index in [1.54, 1.807) is 0 Å². The van der Waals surface area contributed by atoms with Gasteiger partial charge in [0.2, 0.25) is 0 Å². The molecule has 1 aromatic rings. The van der Waals surface area contributed by atoms with Gasteiger partial charge in [-0.3, -0.25) is 0 Å². The molecule has 0 fully saturated rings. The zero-order chi connectivity index (χ0) is 11.0. The van der Waals surface area contributed by atoms with E-state index >= 15 is 0 Å². The molecule has 1 atom stereocenters. The van der Waals surface area contributed by atoms with Crippen LogP contribution >= 0.6 is 23.2 Å². The topological polar surface area (TPSA) is 12.0 Å². The van der Waals surface area contributed by atoms with Gasteiger partial charge in [0.25, 0.3) is 0 Å². The second-order valence-electron chi connectivity index (χ2n) is 4.45. The van der Waals surface area contributed by atoms with Crippen LogP contribution in [0.1, 0.15) is 25.8 Å². The van der Waals surface area contributed by atoms with Crippen molar-refractivity contribution in [2.75, 3.05) is 5.32 Å². The molecule has 1 aromatic carbocycles. The van der Waals surface area contributed by atoms with E-state index in [2.05, 4.69) is 19.2 Å². The summed E-state index contributed by atoms with van der Waals surface area (Å²) in [4.78, 5) is 0. The molecule has 0 spiro atoms. The van der Waals surface area contributed by atoms with Gasteiger partial charge in [-0.25, -0.2) is 0 Å². The fraction of sp³-hybridized carbons (Fsp3) is 0.500. The highest BCUT2D eigenvalue weighted by Gasteiger charge is 2.22. The van der Waals surface area contributed by atoms with Crippen molar-refractivity contribution in [2.45, 2.75) is 32.7 Å². The Balaban J connectivity index is 2.33. The Kier molecular flexibility index (Phi) is 3.13. The average Bonchev–Trinajstić information content (AvgIpc) is 2.16. The molecule has 82 valence electrons. The minimum Gasteiger partial charge on any atom is -0.382 e. The summed E-state index contributed by atoms with van der Waals surface area (Å²) in [5, 5.41) is 5.00. The molecular weight excluding hydrogens is 229 g/mol. The molecule has 1 aliphatic rings. The quantitative estimate of drug-likeness (QED) is 0.773. The summed E-state index contributed by atoms with van der Waals surface area (Å²) in [6.07, 6.45) is 2.19. The second kappa shape index (κ2) is 4.23. The van der Waals surface area contributed by atoms with E-state index in [-0.39, 0.29) is 0 Å². The van der Waals surface area contributed by atoms with Gasteiger partial charge in [0.15, 0.2) is 0 Å². The number of hydrogen-bond acceptors (Lipinski definition) is 1. The molecule has 1 N–H and O–H groups in total. The fourth-order valence-corrected chi connectivity index (χ4v) is 2.65. The van der Waals surface area contributed by atoms with Crippen molar-refractivity contribution < 1.29 is 0 Å². The maximum atomic E-state index is 6.15. The molecular formula is C12H15Cl2N. The molecule has 0 bridgehead atoms. The number of rotatable bonds is 1. The number of anilines is 1. The van der Waals surface area contributed by atoms with Gasteiger partial charge < -0.3 is 5.32 Å². The van der Waals surface area contributed by atoms with Crippen LogP contribution in [0.4, 0.5) is 5.69 Å². The average molecular weight is 244 g/mol. The molecule has 1 heterocycles. The fourth-order valence-electron chi connectivity index (χ4n) is 2.06. The zero-order valence-corrected chi connectivity index (χ0v) is 10.5. The standard InChI is InChI=1S/C12H15Cl2N/c1-7(2)11-4-3-9-10(14)5-8(13)6-12(9)15-11/h5-7,11,15H,3-4H2,1-2H3. The number of halogens is 2. The molecule has 2 rings (SSSR count). The third-order valence-corrected chi connectivity index (χ3v) is 3.57. The summed E-state index contributed by atoms with van der Waals surface area (Å²) < 4.78 is 0. The summed E-state index contributed by atoms with van der Waals surface area (Å²) in [5.41, 5.74) is 2.32. The first-order valence-corrected chi connectivity index (χ1v) is 6.08. The SMILES string of the molecule is CC(C)C1CCc2c(Cl)cc(Cl)cc2N1. The molecule has 0 amide bonds. The lowest BCUT2D eigenvalue weighted by Gasteiger charge is -2.30. The van der Waals surface area contributed by atoms with E-state index in [1.165, 1.54) is 5.56 Å². The van der Waals surface area contributed by atoms with Crippen molar-refractivity contribution >= 4 is 28.9 Å². The van der Waals surface area contributed by atoms with E-state index < -0.39 is 0 Å². The van der Waals surface area contributed by atoms with Gasteiger partial charge in [-0.2, -0.15) is 0 Å². The highest BCUT2D eigenvalue weighted by atomic mass is 35.5. The molecule has 1 unspecified atom stereocenters. The van der Waals surface area contributed by atoms with Crippen LogP contribution < -0.4 is 5.32 Å². The van der Waals surface area contributed by atoms with Gasteiger partial charge in [0.05, 0.1) is 0 Å². The van der Waals surface area contributed by atoms with Crippen molar-refractivity contribution in [3.8, 4) is 0 Å². The van der Waals surface area contributed by atoms with Crippen LogP contribution in [0.3, 0.4) is 0 Å². The van der Waals surface area contributed by atoms with Crippen molar-refractivity contribution in [1.82, 2.24) is 0 Å². The Hall–Kier alpha value is -0.400. The van der Waals surface area contributed by atoms with Gasteiger partial charge >= 0.3 is 0 Å². The van der Waals surface area contributed by atoms with Gasteiger partial charge in [-0.1, -0.05) is 37.0 Å². The van der Waals surface area contributed by atoms with E-state index in [1.807, 2.05) is 12.1 Å². The van der Waals surface area contributed by atoms with E-state index in [4.69, 9.17) is 23.2 Å². The van der Waals surface area contributed by atoms with Crippen molar-refractivity contribution in [1.29, 1.82) is 0 Å². The molecule has 0 aliphatic carbocycles. The Labute approximate surface area is 101 Å². The van der Waals surface area contributed by atoms with Crippen LogP contribution in [-0.4, -0.2) is 6.04 Å². The minimum atomic E-state index is 0.534. The summed E-state index contributed by atoms with van der Waals surface area (Å²) in [6, 6.07) is 4.32. The Morgan fingerprint density at radius 2 is 2.07 bits per heavy atom. The van der Waals surface area contributed by atoms with Gasteiger partial charge in [-0.15, -0.1) is 0 Å². The van der Waals surface area contributed by atoms with E-state index in [9.17, 15) is 0 Å². The largest absolute Gasteiger partial charge is 0.382 e. The highest BCUT2D eigenvalue weighted by molar-refractivity contribution is 6.35. The first-order chi connectivity index (χ1) is 7.08. The maximum absolute atomic E-state index is 6.15. The molecule has 0 aromatic heterocycles. The van der Waals surface area contributed by atoms with Crippen LogP contribution in [0, 0.1) is 5.92 Å². The molecule has 0 saturated carbocycles. The van der Waals surface area contributed by atoms with Crippen LogP contribution in [0.25, 0.3) is 0 Å². The lowest BCUT2D eigenvalue weighted by Crippen LogP contribution is -2.30.